The number of nitriles is 1. The van der Waals surface area contributed by atoms with Crippen LogP contribution in [0.5, 0.6) is 0 Å². The van der Waals surface area contributed by atoms with E-state index in [1.807, 2.05) is 0 Å². The molecule has 0 aromatic carbocycles. The van der Waals surface area contributed by atoms with Crippen molar-refractivity contribution in [1.29, 1.82) is 5.26 Å². The predicted molar refractivity (Wildman–Crippen MR) is 42.4 cm³/mol. The number of amides is 1. The quantitative estimate of drug-likeness (QED) is 0.802. The van der Waals surface area contributed by atoms with Crippen molar-refractivity contribution in [2.24, 2.45) is 5.73 Å². The van der Waals surface area contributed by atoms with E-state index < -0.39 is 35.1 Å². The van der Waals surface area contributed by atoms with E-state index in [9.17, 15) is 18.0 Å². The summed E-state index contributed by atoms with van der Waals surface area (Å²) in [6.45, 7) is 0. The molecule has 0 bridgehead atoms. The second-order valence-electron chi connectivity index (χ2n) is 2.53. The number of hydrogen-bond donors (Lipinski definition) is 1. The van der Waals surface area contributed by atoms with Crippen molar-refractivity contribution in [2.45, 2.75) is 6.43 Å². The first kappa shape index (κ1) is 11.0. The number of primary amides is 1. The molecular formula is C8H4F3N3O. The summed E-state index contributed by atoms with van der Waals surface area (Å²) in [5, 5.41) is 8.38. The van der Waals surface area contributed by atoms with Crippen LogP contribution in [0.15, 0.2) is 6.07 Å². The molecule has 0 saturated carbocycles. The maximum absolute atomic E-state index is 13.1. The first-order valence-corrected chi connectivity index (χ1v) is 3.66. The maximum atomic E-state index is 13.1. The molecule has 0 fully saturated rings. The predicted octanol–water partition coefficient (Wildman–Crippen LogP) is 1.13. The molecule has 0 unspecified atom stereocenters. The number of nitrogens with two attached hydrogens (primary N) is 1. The Bertz CT molecular complexity index is 453. The van der Waals surface area contributed by atoms with Gasteiger partial charge in [0.1, 0.15) is 11.8 Å². The van der Waals surface area contributed by atoms with Crippen molar-refractivity contribution in [3.63, 3.8) is 0 Å². The first-order chi connectivity index (χ1) is 6.97. The third-order valence-corrected chi connectivity index (χ3v) is 1.57. The molecule has 2 N–H and O–H groups in total. The lowest BCUT2D eigenvalue weighted by atomic mass is 10.1. The molecule has 0 radical (unpaired) electrons. The lowest BCUT2D eigenvalue weighted by Crippen LogP contribution is -2.15. The molecule has 1 heterocycles. The SMILES string of the molecule is N#Cc1nc(C(F)F)cc(C(N)=O)c1F. The average Bonchev–Trinajstić information content (AvgIpc) is 2.17. The second-order valence-corrected chi connectivity index (χ2v) is 2.53. The van der Waals surface area contributed by atoms with Crippen LogP contribution in [0.1, 0.15) is 28.2 Å². The van der Waals surface area contributed by atoms with Crippen molar-refractivity contribution in [2.75, 3.05) is 0 Å². The number of alkyl halides is 2. The third kappa shape index (κ3) is 2.04. The summed E-state index contributed by atoms with van der Waals surface area (Å²) in [6.07, 6.45) is -3.00. The van der Waals surface area contributed by atoms with Gasteiger partial charge in [0, 0.05) is 0 Å². The summed E-state index contributed by atoms with van der Waals surface area (Å²) in [5.74, 6) is -2.51. The van der Waals surface area contributed by atoms with Crippen molar-refractivity contribution in [1.82, 2.24) is 4.98 Å². The zero-order chi connectivity index (χ0) is 11.6. The monoisotopic (exact) mass is 215 g/mol. The van der Waals surface area contributed by atoms with Crippen LogP contribution in [0.3, 0.4) is 0 Å². The van der Waals surface area contributed by atoms with E-state index in [1.165, 1.54) is 6.07 Å². The van der Waals surface area contributed by atoms with E-state index in [-0.39, 0.29) is 0 Å². The van der Waals surface area contributed by atoms with E-state index in [4.69, 9.17) is 11.0 Å². The van der Waals surface area contributed by atoms with E-state index in [0.29, 0.717) is 6.07 Å². The largest absolute Gasteiger partial charge is 0.366 e. The minimum absolute atomic E-state index is 0.531. The standard InChI is InChI=1S/C8H4F3N3O/c9-6-3(8(13)15)1-4(7(10)11)14-5(6)2-12/h1,7H,(H2,13,15). The molecule has 0 aliphatic carbocycles. The van der Waals surface area contributed by atoms with Gasteiger partial charge in [0.25, 0.3) is 12.3 Å². The highest BCUT2D eigenvalue weighted by molar-refractivity contribution is 5.93. The van der Waals surface area contributed by atoms with Gasteiger partial charge in [-0.2, -0.15) is 5.26 Å². The van der Waals surface area contributed by atoms with Gasteiger partial charge < -0.3 is 5.73 Å². The van der Waals surface area contributed by atoms with Crippen LogP contribution in [-0.4, -0.2) is 10.9 Å². The Kier molecular flexibility index (Phi) is 2.90. The van der Waals surface area contributed by atoms with Gasteiger partial charge in [-0.1, -0.05) is 0 Å². The Morgan fingerprint density at radius 2 is 2.20 bits per heavy atom. The van der Waals surface area contributed by atoms with Crippen LogP contribution in [0.25, 0.3) is 0 Å². The number of pyridine rings is 1. The Morgan fingerprint density at radius 1 is 1.60 bits per heavy atom. The Labute approximate surface area is 82.1 Å². The van der Waals surface area contributed by atoms with Gasteiger partial charge in [-0.15, -0.1) is 0 Å². The number of nitrogens with zero attached hydrogens (tertiary/aromatic N) is 2. The molecule has 1 aromatic rings. The molecule has 78 valence electrons. The number of halogens is 3. The second kappa shape index (κ2) is 3.96. The first-order valence-electron chi connectivity index (χ1n) is 3.66. The van der Waals surface area contributed by atoms with E-state index >= 15 is 0 Å². The summed E-state index contributed by atoms with van der Waals surface area (Å²) >= 11 is 0. The van der Waals surface area contributed by atoms with Gasteiger partial charge >= 0.3 is 0 Å². The minimum atomic E-state index is -3.00. The van der Waals surface area contributed by atoms with Crippen LogP contribution in [-0.2, 0) is 0 Å². The molecule has 0 saturated heterocycles. The molecule has 0 atom stereocenters. The lowest BCUT2D eigenvalue weighted by molar-refractivity contribution is 0.0995. The summed E-state index contributed by atoms with van der Waals surface area (Å²) < 4.78 is 37.6. The summed E-state index contributed by atoms with van der Waals surface area (Å²) in [5.41, 5.74) is 2.25. The van der Waals surface area contributed by atoms with Gasteiger partial charge in [-0.05, 0) is 6.07 Å². The fourth-order valence-electron chi connectivity index (χ4n) is 0.914. The van der Waals surface area contributed by atoms with Crippen LogP contribution >= 0.6 is 0 Å². The molecule has 1 rings (SSSR count). The molecule has 1 aromatic heterocycles. The summed E-state index contributed by atoms with van der Waals surface area (Å²) in [6, 6.07) is 1.79. The van der Waals surface area contributed by atoms with Crippen LogP contribution in [0.4, 0.5) is 13.2 Å². The Morgan fingerprint density at radius 3 is 2.60 bits per heavy atom. The number of carbonyl (C=O) groups excluding carboxylic acids is 1. The Balaban J connectivity index is 3.47. The van der Waals surface area contributed by atoms with Gasteiger partial charge in [-0.25, -0.2) is 18.2 Å². The molecule has 4 nitrogen and oxygen atoms in total. The van der Waals surface area contributed by atoms with Crippen molar-refractivity contribution in [3.05, 3.63) is 28.8 Å². The molecule has 0 spiro atoms. The molecule has 0 aliphatic heterocycles. The number of carbonyl (C=O) groups is 1. The molecular weight excluding hydrogens is 211 g/mol. The lowest BCUT2D eigenvalue weighted by Gasteiger charge is -2.03. The molecule has 7 heteroatoms. The van der Waals surface area contributed by atoms with Crippen molar-refractivity contribution in [3.8, 4) is 6.07 Å². The molecule has 1 amide bonds. The smallest absolute Gasteiger partial charge is 0.280 e. The number of rotatable bonds is 2. The van der Waals surface area contributed by atoms with Crippen molar-refractivity contribution < 1.29 is 18.0 Å². The summed E-state index contributed by atoms with van der Waals surface area (Å²) in [7, 11) is 0. The molecule has 0 aliphatic rings. The molecule has 15 heavy (non-hydrogen) atoms. The summed E-state index contributed by atoms with van der Waals surface area (Å²) in [4.78, 5) is 13.7. The number of aromatic nitrogens is 1. The van der Waals surface area contributed by atoms with Crippen LogP contribution < -0.4 is 5.73 Å². The Hall–Kier alpha value is -2.10. The third-order valence-electron chi connectivity index (χ3n) is 1.57. The normalized spacial score (nSPS) is 10.1. The van der Waals surface area contributed by atoms with Gasteiger partial charge in [0.15, 0.2) is 11.5 Å². The zero-order valence-electron chi connectivity index (χ0n) is 7.17. The average molecular weight is 215 g/mol. The van der Waals surface area contributed by atoms with Crippen molar-refractivity contribution >= 4 is 5.91 Å². The fourth-order valence-corrected chi connectivity index (χ4v) is 0.914. The highest BCUT2D eigenvalue weighted by Crippen LogP contribution is 2.20. The van der Waals surface area contributed by atoms with Gasteiger partial charge in [0.2, 0.25) is 0 Å². The van der Waals surface area contributed by atoms with Gasteiger partial charge in [0.05, 0.1) is 5.56 Å². The van der Waals surface area contributed by atoms with Crippen LogP contribution in [0, 0.1) is 17.1 Å². The maximum Gasteiger partial charge on any atom is 0.280 e. The van der Waals surface area contributed by atoms with E-state index in [1.54, 1.807) is 0 Å². The minimum Gasteiger partial charge on any atom is -0.366 e. The van der Waals surface area contributed by atoms with Gasteiger partial charge in [-0.3, -0.25) is 4.79 Å². The highest BCUT2D eigenvalue weighted by Gasteiger charge is 2.20. The topological polar surface area (TPSA) is 79.8 Å². The number of hydrogen-bond acceptors (Lipinski definition) is 3. The van der Waals surface area contributed by atoms with E-state index in [2.05, 4.69) is 4.98 Å². The van der Waals surface area contributed by atoms with Crippen LogP contribution in [0.2, 0.25) is 0 Å². The highest BCUT2D eigenvalue weighted by atomic mass is 19.3. The fraction of sp³-hybridized carbons (Fsp3) is 0.125. The zero-order valence-corrected chi connectivity index (χ0v) is 7.17. The van der Waals surface area contributed by atoms with E-state index in [0.717, 1.165) is 0 Å².